The first-order valence-electron chi connectivity index (χ1n) is 7.26. The van der Waals surface area contributed by atoms with Gasteiger partial charge in [-0.25, -0.2) is 0 Å². The maximum Gasteiger partial charge on any atom is 0.260 e. The number of hydrogen-bond acceptors (Lipinski definition) is 4. The van der Waals surface area contributed by atoms with E-state index in [0.29, 0.717) is 17.1 Å². The van der Waals surface area contributed by atoms with Crippen LogP contribution in [0.3, 0.4) is 0 Å². The molecule has 118 valence electrons. The number of halogens is 1. The van der Waals surface area contributed by atoms with Gasteiger partial charge in [0.1, 0.15) is 0 Å². The summed E-state index contributed by atoms with van der Waals surface area (Å²) in [4.78, 5) is 14.1. The summed E-state index contributed by atoms with van der Waals surface area (Å²) in [7, 11) is 1.47. The number of nitrogens with zero attached hydrogens (tertiary/aromatic N) is 2. The van der Waals surface area contributed by atoms with E-state index in [1.165, 1.54) is 19.2 Å². The van der Waals surface area contributed by atoms with E-state index in [4.69, 9.17) is 26.3 Å². The van der Waals surface area contributed by atoms with Gasteiger partial charge in [0.25, 0.3) is 5.91 Å². The Labute approximate surface area is 135 Å². The van der Waals surface area contributed by atoms with Crippen LogP contribution in [-0.4, -0.2) is 37.1 Å². The minimum absolute atomic E-state index is 0.0605. The van der Waals surface area contributed by atoms with Gasteiger partial charge in [0.2, 0.25) is 0 Å². The predicted octanol–water partition coefficient (Wildman–Crippen LogP) is 3.00. The third kappa shape index (κ3) is 3.63. The van der Waals surface area contributed by atoms with Crippen LogP contribution in [0.25, 0.3) is 0 Å². The Morgan fingerprint density at radius 2 is 2.27 bits per heavy atom. The van der Waals surface area contributed by atoms with Gasteiger partial charge in [-0.05, 0) is 32.3 Å². The van der Waals surface area contributed by atoms with Gasteiger partial charge in [-0.15, -0.1) is 0 Å². The van der Waals surface area contributed by atoms with Crippen molar-refractivity contribution in [2.75, 3.05) is 20.3 Å². The van der Waals surface area contributed by atoms with Gasteiger partial charge in [-0.2, -0.15) is 5.26 Å². The Kier molecular flexibility index (Phi) is 5.51. The summed E-state index contributed by atoms with van der Waals surface area (Å²) < 4.78 is 10.7. The normalized spacial score (nSPS) is 17.7. The van der Waals surface area contributed by atoms with Gasteiger partial charge in [0.15, 0.2) is 18.1 Å². The second-order valence-electron chi connectivity index (χ2n) is 5.32. The van der Waals surface area contributed by atoms with Crippen molar-refractivity contribution in [3.8, 4) is 17.6 Å². The van der Waals surface area contributed by atoms with E-state index in [1.54, 1.807) is 0 Å². The predicted molar refractivity (Wildman–Crippen MR) is 83.2 cm³/mol. The molecular formula is C16H19ClN2O3. The molecule has 1 aromatic rings. The van der Waals surface area contributed by atoms with E-state index < -0.39 is 0 Å². The first kappa shape index (κ1) is 16.4. The van der Waals surface area contributed by atoms with Crippen molar-refractivity contribution in [2.45, 2.75) is 32.2 Å². The van der Waals surface area contributed by atoms with Crippen LogP contribution in [0.4, 0.5) is 0 Å². The summed E-state index contributed by atoms with van der Waals surface area (Å²) in [6.45, 7) is 2.72. The molecule has 1 aliphatic rings. The first-order chi connectivity index (χ1) is 10.6. The fourth-order valence-electron chi connectivity index (χ4n) is 2.61. The quantitative estimate of drug-likeness (QED) is 0.855. The van der Waals surface area contributed by atoms with Crippen molar-refractivity contribution in [1.82, 2.24) is 4.90 Å². The minimum Gasteiger partial charge on any atom is -0.493 e. The third-order valence-corrected chi connectivity index (χ3v) is 4.10. The lowest BCUT2D eigenvalue weighted by Gasteiger charge is -2.33. The molecular weight excluding hydrogens is 304 g/mol. The molecule has 2 rings (SSSR count). The standard InChI is InChI=1S/C16H19ClN2O3/c1-11-5-3-4-6-19(11)15(20)10-22-16-13(17)7-12(9-18)8-14(16)21-2/h7-8,11H,3-6,10H2,1-2H3/t11-/m0/s1. The molecule has 1 aromatic carbocycles. The highest BCUT2D eigenvalue weighted by Gasteiger charge is 2.24. The lowest BCUT2D eigenvalue weighted by atomic mass is 10.0. The largest absolute Gasteiger partial charge is 0.493 e. The SMILES string of the molecule is COc1cc(C#N)cc(Cl)c1OCC(=O)N1CCCC[C@@H]1C. The molecule has 0 bridgehead atoms. The zero-order chi connectivity index (χ0) is 16.1. The fourth-order valence-corrected chi connectivity index (χ4v) is 2.88. The van der Waals surface area contributed by atoms with E-state index in [2.05, 4.69) is 0 Å². The van der Waals surface area contributed by atoms with Gasteiger partial charge in [-0.1, -0.05) is 11.6 Å². The summed E-state index contributed by atoms with van der Waals surface area (Å²) >= 11 is 6.11. The van der Waals surface area contributed by atoms with Gasteiger partial charge < -0.3 is 14.4 Å². The second kappa shape index (κ2) is 7.37. The molecule has 0 unspecified atom stereocenters. The summed E-state index contributed by atoms with van der Waals surface area (Å²) in [5.74, 6) is 0.583. The molecule has 1 fully saturated rings. The Bertz CT molecular complexity index is 598. The third-order valence-electron chi connectivity index (χ3n) is 3.82. The fraction of sp³-hybridized carbons (Fsp3) is 0.500. The Hall–Kier alpha value is -1.93. The van der Waals surface area contributed by atoms with Crippen molar-refractivity contribution < 1.29 is 14.3 Å². The van der Waals surface area contributed by atoms with E-state index >= 15 is 0 Å². The van der Waals surface area contributed by atoms with Crippen molar-refractivity contribution in [1.29, 1.82) is 5.26 Å². The number of methoxy groups -OCH3 is 1. The summed E-state index contributed by atoms with van der Waals surface area (Å²) in [6, 6.07) is 5.27. The molecule has 1 heterocycles. The van der Waals surface area contributed by atoms with E-state index in [-0.39, 0.29) is 23.6 Å². The van der Waals surface area contributed by atoms with Crippen LogP contribution in [0.15, 0.2) is 12.1 Å². The number of ether oxygens (including phenoxy) is 2. The van der Waals surface area contributed by atoms with E-state index in [0.717, 1.165) is 25.8 Å². The minimum atomic E-state index is -0.0910. The zero-order valence-electron chi connectivity index (χ0n) is 12.8. The molecule has 0 aromatic heterocycles. The number of nitriles is 1. The number of likely N-dealkylation sites (tertiary alicyclic amines) is 1. The van der Waals surface area contributed by atoms with Crippen LogP contribution < -0.4 is 9.47 Å². The lowest BCUT2D eigenvalue weighted by molar-refractivity contribution is -0.136. The van der Waals surface area contributed by atoms with Crippen LogP contribution in [0.1, 0.15) is 31.7 Å². The monoisotopic (exact) mass is 322 g/mol. The molecule has 6 heteroatoms. The second-order valence-corrected chi connectivity index (χ2v) is 5.73. The van der Waals surface area contributed by atoms with Crippen molar-refractivity contribution >= 4 is 17.5 Å². The Balaban J connectivity index is 2.08. The molecule has 0 aliphatic carbocycles. The van der Waals surface area contributed by atoms with Crippen LogP contribution in [-0.2, 0) is 4.79 Å². The highest BCUT2D eigenvalue weighted by Crippen LogP contribution is 2.36. The van der Waals surface area contributed by atoms with E-state index in [1.807, 2.05) is 17.9 Å². The first-order valence-corrected chi connectivity index (χ1v) is 7.64. The van der Waals surface area contributed by atoms with E-state index in [9.17, 15) is 4.79 Å². The van der Waals surface area contributed by atoms with Crippen molar-refractivity contribution in [3.05, 3.63) is 22.7 Å². The van der Waals surface area contributed by atoms with Gasteiger partial charge in [0, 0.05) is 18.7 Å². The van der Waals surface area contributed by atoms with Gasteiger partial charge in [-0.3, -0.25) is 4.79 Å². The van der Waals surface area contributed by atoms with Crippen LogP contribution in [0.2, 0.25) is 5.02 Å². The molecule has 1 atom stereocenters. The molecule has 0 spiro atoms. The molecule has 1 saturated heterocycles. The number of rotatable bonds is 4. The molecule has 0 radical (unpaired) electrons. The average molecular weight is 323 g/mol. The smallest absolute Gasteiger partial charge is 0.260 e. The summed E-state index contributed by atoms with van der Waals surface area (Å²) in [5.41, 5.74) is 0.380. The zero-order valence-corrected chi connectivity index (χ0v) is 13.5. The molecule has 0 N–H and O–H groups in total. The lowest BCUT2D eigenvalue weighted by Crippen LogP contribution is -2.44. The summed E-state index contributed by atoms with van der Waals surface area (Å²) in [5, 5.41) is 9.18. The van der Waals surface area contributed by atoms with Crippen LogP contribution in [0, 0.1) is 11.3 Å². The number of piperidine rings is 1. The van der Waals surface area contributed by atoms with Crippen LogP contribution in [0.5, 0.6) is 11.5 Å². The van der Waals surface area contributed by atoms with Crippen molar-refractivity contribution in [3.63, 3.8) is 0 Å². The maximum absolute atomic E-state index is 12.3. The maximum atomic E-state index is 12.3. The number of hydrogen-bond donors (Lipinski definition) is 0. The number of benzene rings is 1. The van der Waals surface area contributed by atoms with Gasteiger partial charge >= 0.3 is 0 Å². The number of carbonyl (C=O) groups excluding carboxylic acids is 1. The highest BCUT2D eigenvalue weighted by atomic mass is 35.5. The molecule has 5 nitrogen and oxygen atoms in total. The topological polar surface area (TPSA) is 62.6 Å². The molecule has 1 aliphatic heterocycles. The molecule has 22 heavy (non-hydrogen) atoms. The number of carbonyl (C=O) groups is 1. The Morgan fingerprint density at radius 1 is 1.50 bits per heavy atom. The van der Waals surface area contributed by atoms with Crippen molar-refractivity contribution in [2.24, 2.45) is 0 Å². The van der Waals surface area contributed by atoms with Gasteiger partial charge in [0.05, 0.1) is 23.8 Å². The number of amides is 1. The molecule has 0 saturated carbocycles. The van der Waals surface area contributed by atoms with Crippen LogP contribution >= 0.6 is 11.6 Å². The Morgan fingerprint density at radius 3 is 2.91 bits per heavy atom. The highest BCUT2D eigenvalue weighted by molar-refractivity contribution is 6.32. The average Bonchev–Trinajstić information content (AvgIpc) is 2.53. The summed E-state index contributed by atoms with van der Waals surface area (Å²) in [6.07, 6.45) is 3.20. The molecule has 1 amide bonds.